The summed E-state index contributed by atoms with van der Waals surface area (Å²) in [5.41, 5.74) is 6.78. The van der Waals surface area contributed by atoms with Crippen LogP contribution in [-0.2, 0) is 0 Å². The molecule has 1 fully saturated rings. The van der Waals surface area contributed by atoms with Crippen LogP contribution in [0.2, 0.25) is 0 Å². The van der Waals surface area contributed by atoms with Crippen molar-refractivity contribution in [3.8, 4) is 0 Å². The SMILES string of the molecule is NC1CCN(c2ccn3nccc3n2)CC1. The van der Waals surface area contributed by atoms with Crippen molar-refractivity contribution < 1.29 is 0 Å². The molecule has 1 aliphatic heterocycles. The van der Waals surface area contributed by atoms with Gasteiger partial charge in [-0.3, -0.25) is 0 Å². The second-order valence-electron chi connectivity index (χ2n) is 4.24. The van der Waals surface area contributed by atoms with Crippen molar-refractivity contribution >= 4 is 11.5 Å². The van der Waals surface area contributed by atoms with Gasteiger partial charge in [-0.1, -0.05) is 0 Å². The molecule has 0 amide bonds. The molecule has 0 unspecified atom stereocenters. The molecule has 1 aliphatic rings. The molecular formula is C11H15N5. The number of hydrogen-bond donors (Lipinski definition) is 1. The van der Waals surface area contributed by atoms with E-state index >= 15 is 0 Å². The highest BCUT2D eigenvalue weighted by molar-refractivity contribution is 5.47. The largest absolute Gasteiger partial charge is 0.356 e. The van der Waals surface area contributed by atoms with E-state index in [9.17, 15) is 0 Å². The average molecular weight is 217 g/mol. The molecule has 0 radical (unpaired) electrons. The van der Waals surface area contributed by atoms with Gasteiger partial charge in [-0.25, -0.2) is 9.50 Å². The van der Waals surface area contributed by atoms with Crippen molar-refractivity contribution in [1.82, 2.24) is 14.6 Å². The van der Waals surface area contributed by atoms with E-state index in [2.05, 4.69) is 15.0 Å². The molecule has 3 rings (SSSR count). The van der Waals surface area contributed by atoms with Crippen LogP contribution in [0.15, 0.2) is 24.5 Å². The maximum atomic E-state index is 5.89. The summed E-state index contributed by atoms with van der Waals surface area (Å²) in [6.07, 6.45) is 5.81. The smallest absolute Gasteiger partial charge is 0.157 e. The second-order valence-corrected chi connectivity index (χ2v) is 4.24. The fourth-order valence-corrected chi connectivity index (χ4v) is 2.11. The van der Waals surface area contributed by atoms with Gasteiger partial charge in [0.1, 0.15) is 5.82 Å². The van der Waals surface area contributed by atoms with Crippen LogP contribution in [0.4, 0.5) is 5.82 Å². The number of hydrogen-bond acceptors (Lipinski definition) is 4. The van der Waals surface area contributed by atoms with E-state index in [1.165, 1.54) is 0 Å². The third-order valence-electron chi connectivity index (χ3n) is 3.11. The Morgan fingerprint density at radius 2 is 2.06 bits per heavy atom. The summed E-state index contributed by atoms with van der Waals surface area (Å²) < 4.78 is 1.78. The molecule has 0 bridgehead atoms. The van der Waals surface area contributed by atoms with E-state index in [-0.39, 0.29) is 0 Å². The van der Waals surface area contributed by atoms with Gasteiger partial charge < -0.3 is 10.6 Å². The molecule has 0 saturated carbocycles. The summed E-state index contributed by atoms with van der Waals surface area (Å²) in [6, 6.07) is 4.28. The Balaban J connectivity index is 1.87. The Kier molecular flexibility index (Phi) is 2.25. The van der Waals surface area contributed by atoms with E-state index in [1.54, 1.807) is 10.7 Å². The monoisotopic (exact) mass is 217 g/mol. The molecule has 0 atom stereocenters. The molecule has 2 aromatic rings. The molecule has 0 aromatic carbocycles. The lowest BCUT2D eigenvalue weighted by atomic mass is 10.1. The number of nitrogens with zero attached hydrogens (tertiary/aromatic N) is 4. The summed E-state index contributed by atoms with van der Waals surface area (Å²) in [5.74, 6) is 1.03. The first-order valence-corrected chi connectivity index (χ1v) is 5.64. The molecule has 2 aromatic heterocycles. The van der Waals surface area contributed by atoms with Gasteiger partial charge in [-0.15, -0.1) is 0 Å². The average Bonchev–Trinajstić information content (AvgIpc) is 2.77. The molecule has 84 valence electrons. The fourth-order valence-electron chi connectivity index (χ4n) is 2.11. The predicted octanol–water partition coefficient (Wildman–Crippen LogP) is 0.657. The Labute approximate surface area is 93.9 Å². The molecule has 0 spiro atoms. The Morgan fingerprint density at radius 1 is 1.25 bits per heavy atom. The standard InChI is InChI=1S/C11H15N5/c12-9-2-6-15(7-3-9)10-4-8-16-11(14-10)1-5-13-16/h1,4-5,8-9H,2-3,6-7,12H2. The van der Waals surface area contributed by atoms with Crippen molar-refractivity contribution in [2.24, 2.45) is 5.73 Å². The molecule has 1 saturated heterocycles. The van der Waals surface area contributed by atoms with Crippen molar-refractivity contribution in [3.05, 3.63) is 24.5 Å². The number of rotatable bonds is 1. The Morgan fingerprint density at radius 3 is 2.88 bits per heavy atom. The minimum absolute atomic E-state index is 0.356. The second kappa shape index (κ2) is 3.75. The number of anilines is 1. The van der Waals surface area contributed by atoms with Gasteiger partial charge in [-0.2, -0.15) is 5.10 Å². The highest BCUT2D eigenvalue weighted by Crippen LogP contribution is 2.17. The number of piperidine rings is 1. The summed E-state index contributed by atoms with van der Waals surface area (Å²) in [5, 5.41) is 4.13. The molecular weight excluding hydrogens is 202 g/mol. The van der Waals surface area contributed by atoms with Crippen LogP contribution < -0.4 is 10.6 Å². The molecule has 5 nitrogen and oxygen atoms in total. The molecule has 0 aliphatic carbocycles. The zero-order valence-electron chi connectivity index (χ0n) is 9.08. The predicted molar refractivity (Wildman–Crippen MR) is 62.4 cm³/mol. The first kappa shape index (κ1) is 9.59. The van der Waals surface area contributed by atoms with Gasteiger partial charge in [0.05, 0.1) is 6.20 Å². The van der Waals surface area contributed by atoms with Crippen LogP contribution in [-0.4, -0.2) is 33.7 Å². The van der Waals surface area contributed by atoms with Crippen LogP contribution in [0.5, 0.6) is 0 Å². The summed E-state index contributed by atoms with van der Waals surface area (Å²) >= 11 is 0. The zero-order chi connectivity index (χ0) is 11.0. The number of nitrogens with two attached hydrogens (primary N) is 1. The zero-order valence-corrected chi connectivity index (χ0v) is 9.08. The number of aromatic nitrogens is 3. The lowest BCUT2D eigenvalue weighted by Gasteiger charge is -2.30. The molecule has 16 heavy (non-hydrogen) atoms. The maximum absolute atomic E-state index is 5.89. The van der Waals surface area contributed by atoms with Crippen LogP contribution >= 0.6 is 0 Å². The minimum atomic E-state index is 0.356. The van der Waals surface area contributed by atoms with Crippen LogP contribution in [0.25, 0.3) is 5.65 Å². The summed E-state index contributed by atoms with van der Waals surface area (Å²) in [7, 11) is 0. The first-order chi connectivity index (χ1) is 7.83. The molecule has 5 heteroatoms. The summed E-state index contributed by atoms with van der Waals surface area (Å²) in [6.45, 7) is 2.00. The highest BCUT2D eigenvalue weighted by atomic mass is 15.3. The molecule has 3 heterocycles. The van der Waals surface area contributed by atoms with Crippen LogP contribution in [0.1, 0.15) is 12.8 Å². The third-order valence-corrected chi connectivity index (χ3v) is 3.11. The Hall–Kier alpha value is -1.62. The van der Waals surface area contributed by atoms with E-state index in [4.69, 9.17) is 5.73 Å². The van der Waals surface area contributed by atoms with Crippen molar-refractivity contribution in [1.29, 1.82) is 0 Å². The maximum Gasteiger partial charge on any atom is 0.157 e. The van der Waals surface area contributed by atoms with Gasteiger partial charge in [0, 0.05) is 31.4 Å². The van der Waals surface area contributed by atoms with E-state index in [0.29, 0.717) is 6.04 Å². The Bertz CT molecular complexity index is 484. The van der Waals surface area contributed by atoms with Gasteiger partial charge in [0.15, 0.2) is 5.65 Å². The summed E-state index contributed by atoms with van der Waals surface area (Å²) in [4.78, 5) is 6.86. The quantitative estimate of drug-likeness (QED) is 0.762. The van der Waals surface area contributed by atoms with Gasteiger partial charge >= 0.3 is 0 Å². The van der Waals surface area contributed by atoms with Crippen LogP contribution in [0.3, 0.4) is 0 Å². The molecule has 2 N–H and O–H groups in total. The van der Waals surface area contributed by atoms with Gasteiger partial charge in [0.2, 0.25) is 0 Å². The highest BCUT2D eigenvalue weighted by Gasteiger charge is 2.17. The van der Waals surface area contributed by atoms with Gasteiger partial charge in [0.25, 0.3) is 0 Å². The van der Waals surface area contributed by atoms with Crippen molar-refractivity contribution in [3.63, 3.8) is 0 Å². The van der Waals surface area contributed by atoms with Crippen LogP contribution in [0, 0.1) is 0 Å². The van der Waals surface area contributed by atoms with Crippen molar-refractivity contribution in [2.45, 2.75) is 18.9 Å². The fraction of sp³-hybridized carbons (Fsp3) is 0.455. The van der Waals surface area contributed by atoms with Crippen molar-refractivity contribution in [2.75, 3.05) is 18.0 Å². The van der Waals surface area contributed by atoms with E-state index in [1.807, 2.05) is 18.3 Å². The topological polar surface area (TPSA) is 59.5 Å². The normalized spacial score (nSPS) is 18.2. The van der Waals surface area contributed by atoms with E-state index in [0.717, 1.165) is 37.4 Å². The van der Waals surface area contributed by atoms with Gasteiger partial charge in [-0.05, 0) is 18.9 Å². The minimum Gasteiger partial charge on any atom is -0.356 e. The first-order valence-electron chi connectivity index (χ1n) is 5.64. The lowest BCUT2D eigenvalue weighted by molar-refractivity contribution is 0.498. The number of fused-ring (bicyclic) bond motifs is 1. The van der Waals surface area contributed by atoms with E-state index < -0.39 is 0 Å². The lowest BCUT2D eigenvalue weighted by Crippen LogP contribution is -2.40. The third kappa shape index (κ3) is 1.63.